The molecular weight excluding hydrogens is 416 g/mol. The lowest BCUT2D eigenvalue weighted by Crippen LogP contribution is -2.60. The van der Waals surface area contributed by atoms with Crippen LogP contribution < -0.4 is 0 Å². The third kappa shape index (κ3) is 3.61. The van der Waals surface area contributed by atoms with Crippen LogP contribution in [0.2, 0.25) is 0 Å². The summed E-state index contributed by atoms with van der Waals surface area (Å²) in [4.78, 5) is 13.2. The Hall–Kier alpha value is -1.01. The third-order valence-electron chi connectivity index (χ3n) is 10.7. The Labute approximate surface area is 199 Å². The molecule has 3 saturated carbocycles. The molecule has 3 fully saturated rings. The van der Waals surface area contributed by atoms with Gasteiger partial charge in [0.2, 0.25) is 0 Å². The van der Waals surface area contributed by atoms with E-state index in [9.17, 15) is 25.2 Å². The SMILES string of the molecule is C=C(C(O)CC(C)C(C)C)C1CCC2(O)C3=CC(=O)C4CC(O)C(O)CC4(C)C3CCC12C. The van der Waals surface area contributed by atoms with Crippen LogP contribution in [0.1, 0.15) is 79.6 Å². The van der Waals surface area contributed by atoms with E-state index in [0.717, 1.165) is 30.4 Å². The first-order chi connectivity index (χ1) is 15.3. The van der Waals surface area contributed by atoms with Crippen molar-refractivity contribution in [1.82, 2.24) is 0 Å². The molecule has 0 amide bonds. The minimum atomic E-state index is -1.11. The molecule has 4 N–H and O–H groups in total. The smallest absolute Gasteiger partial charge is 0.159 e. The van der Waals surface area contributed by atoms with Crippen LogP contribution in [0.25, 0.3) is 0 Å². The Morgan fingerprint density at radius 3 is 2.42 bits per heavy atom. The van der Waals surface area contributed by atoms with Crippen LogP contribution >= 0.6 is 0 Å². The molecule has 0 saturated heterocycles. The van der Waals surface area contributed by atoms with Gasteiger partial charge in [-0.3, -0.25) is 4.79 Å². The maximum absolute atomic E-state index is 13.2. The highest BCUT2D eigenvalue weighted by atomic mass is 16.3. The Morgan fingerprint density at radius 1 is 1.12 bits per heavy atom. The van der Waals surface area contributed by atoms with Crippen molar-refractivity contribution in [3.05, 3.63) is 23.8 Å². The summed E-state index contributed by atoms with van der Waals surface area (Å²) in [5, 5.41) is 43.9. The zero-order valence-electron chi connectivity index (χ0n) is 21.1. The van der Waals surface area contributed by atoms with Crippen LogP contribution in [0.15, 0.2) is 23.8 Å². The van der Waals surface area contributed by atoms with Gasteiger partial charge >= 0.3 is 0 Å². The molecule has 0 aliphatic heterocycles. The summed E-state index contributed by atoms with van der Waals surface area (Å²) in [6.07, 6.45) is 3.64. The molecule has 0 radical (unpaired) electrons. The van der Waals surface area contributed by atoms with E-state index in [1.54, 1.807) is 6.08 Å². The summed E-state index contributed by atoms with van der Waals surface area (Å²) in [5.74, 6) is 0.528. The molecule has 0 heterocycles. The van der Waals surface area contributed by atoms with Crippen molar-refractivity contribution >= 4 is 5.78 Å². The predicted molar refractivity (Wildman–Crippen MR) is 128 cm³/mol. The number of hydrogen-bond donors (Lipinski definition) is 4. The maximum atomic E-state index is 13.2. The Bertz CT molecular complexity index is 847. The fourth-order valence-corrected chi connectivity index (χ4v) is 7.97. The van der Waals surface area contributed by atoms with Gasteiger partial charge in [-0.15, -0.1) is 0 Å². The van der Waals surface area contributed by atoms with Crippen LogP contribution in [0, 0.1) is 40.4 Å². The second-order valence-corrected chi connectivity index (χ2v) is 12.6. The highest BCUT2D eigenvalue weighted by Gasteiger charge is 2.66. The van der Waals surface area contributed by atoms with E-state index >= 15 is 0 Å². The van der Waals surface area contributed by atoms with Crippen LogP contribution in [0.5, 0.6) is 0 Å². The molecule has 33 heavy (non-hydrogen) atoms. The molecule has 0 aromatic rings. The van der Waals surface area contributed by atoms with E-state index in [-0.39, 0.29) is 30.0 Å². The van der Waals surface area contributed by atoms with Gasteiger partial charge in [0.15, 0.2) is 5.78 Å². The lowest BCUT2D eigenvalue weighted by Gasteiger charge is -2.60. The van der Waals surface area contributed by atoms with Crippen molar-refractivity contribution in [2.75, 3.05) is 0 Å². The molecule has 10 atom stereocenters. The summed E-state index contributed by atoms with van der Waals surface area (Å²) in [7, 11) is 0. The molecule has 4 aliphatic carbocycles. The molecule has 0 aromatic carbocycles. The standard InChI is InChI=1S/C28H44O5/c1-15(2)16(3)11-22(29)17(4)18-8-10-28(33)20-12-23(30)21-13-24(31)25(32)14-26(21,5)19(20)7-9-27(18,28)6/h12,15-16,18-19,21-22,24-25,29,31-33H,4,7-11,13-14H2,1-3,5-6H3. The minimum absolute atomic E-state index is 0.00175. The minimum Gasteiger partial charge on any atom is -0.390 e. The first-order valence-corrected chi connectivity index (χ1v) is 13.0. The molecule has 186 valence electrons. The normalized spacial score (nSPS) is 46.8. The summed E-state index contributed by atoms with van der Waals surface area (Å²) in [6, 6.07) is 0. The molecule has 10 unspecified atom stereocenters. The topological polar surface area (TPSA) is 98.0 Å². The number of carbonyl (C=O) groups excluding carboxylic acids is 1. The highest BCUT2D eigenvalue weighted by molar-refractivity contribution is 5.95. The Morgan fingerprint density at radius 2 is 1.79 bits per heavy atom. The quantitative estimate of drug-likeness (QED) is 0.468. The van der Waals surface area contributed by atoms with E-state index in [0.29, 0.717) is 31.1 Å². The fraction of sp³-hybridized carbons (Fsp3) is 0.821. The van der Waals surface area contributed by atoms with Crippen molar-refractivity contribution in [2.24, 2.45) is 40.4 Å². The molecule has 0 spiro atoms. The Kier molecular flexibility index (Phi) is 6.30. The molecule has 0 aromatic heterocycles. The van der Waals surface area contributed by atoms with Crippen molar-refractivity contribution in [3.8, 4) is 0 Å². The van der Waals surface area contributed by atoms with Crippen LogP contribution in [0.4, 0.5) is 0 Å². The molecule has 0 bridgehead atoms. The van der Waals surface area contributed by atoms with Gasteiger partial charge in [-0.1, -0.05) is 41.2 Å². The van der Waals surface area contributed by atoms with Gasteiger partial charge in [-0.2, -0.15) is 0 Å². The van der Waals surface area contributed by atoms with Crippen molar-refractivity contribution < 1.29 is 25.2 Å². The van der Waals surface area contributed by atoms with Gasteiger partial charge < -0.3 is 20.4 Å². The van der Waals surface area contributed by atoms with Crippen molar-refractivity contribution in [3.63, 3.8) is 0 Å². The average Bonchev–Trinajstić information content (AvgIpc) is 3.01. The maximum Gasteiger partial charge on any atom is 0.159 e. The van der Waals surface area contributed by atoms with Gasteiger partial charge in [-0.05, 0) is 91.3 Å². The number of aliphatic hydroxyl groups excluding tert-OH is 3. The molecule has 5 nitrogen and oxygen atoms in total. The zero-order valence-corrected chi connectivity index (χ0v) is 21.1. The molecule has 4 rings (SSSR count). The van der Waals surface area contributed by atoms with Crippen molar-refractivity contribution in [2.45, 2.75) is 103 Å². The first kappa shape index (κ1) is 25.1. The number of fused-ring (bicyclic) bond motifs is 5. The van der Waals surface area contributed by atoms with E-state index < -0.39 is 34.7 Å². The summed E-state index contributed by atoms with van der Waals surface area (Å²) >= 11 is 0. The van der Waals surface area contributed by atoms with E-state index in [1.807, 2.05) is 0 Å². The van der Waals surface area contributed by atoms with Crippen LogP contribution in [-0.4, -0.2) is 50.1 Å². The molecular formula is C28H44O5. The monoisotopic (exact) mass is 460 g/mol. The first-order valence-electron chi connectivity index (χ1n) is 13.0. The van der Waals surface area contributed by atoms with E-state index in [2.05, 4.69) is 41.2 Å². The highest BCUT2D eigenvalue weighted by Crippen LogP contribution is 2.68. The average molecular weight is 461 g/mol. The van der Waals surface area contributed by atoms with E-state index in [4.69, 9.17) is 0 Å². The van der Waals surface area contributed by atoms with Gasteiger partial charge in [0, 0.05) is 11.3 Å². The predicted octanol–water partition coefficient (Wildman–Crippen LogP) is 3.79. The lowest BCUT2D eigenvalue weighted by atomic mass is 9.46. The lowest BCUT2D eigenvalue weighted by molar-refractivity contribution is -0.151. The van der Waals surface area contributed by atoms with Gasteiger partial charge in [-0.25, -0.2) is 0 Å². The number of ketones is 1. The number of aliphatic hydroxyl groups is 4. The van der Waals surface area contributed by atoms with Crippen molar-refractivity contribution in [1.29, 1.82) is 0 Å². The zero-order chi connectivity index (χ0) is 24.5. The number of rotatable bonds is 5. The van der Waals surface area contributed by atoms with Crippen LogP contribution in [0.3, 0.4) is 0 Å². The fourth-order valence-electron chi connectivity index (χ4n) is 7.97. The van der Waals surface area contributed by atoms with Gasteiger partial charge in [0.25, 0.3) is 0 Å². The van der Waals surface area contributed by atoms with E-state index in [1.165, 1.54) is 0 Å². The summed E-state index contributed by atoms with van der Waals surface area (Å²) < 4.78 is 0. The largest absolute Gasteiger partial charge is 0.390 e. The molecule has 4 aliphatic rings. The second-order valence-electron chi connectivity index (χ2n) is 12.6. The van der Waals surface area contributed by atoms with Gasteiger partial charge in [0.05, 0.1) is 23.9 Å². The summed E-state index contributed by atoms with van der Waals surface area (Å²) in [5.41, 5.74) is -0.410. The molecule has 5 heteroatoms. The second kappa shape index (κ2) is 8.29. The number of allylic oxidation sites excluding steroid dienone is 1. The van der Waals surface area contributed by atoms with Crippen LogP contribution in [-0.2, 0) is 4.79 Å². The Balaban J connectivity index is 1.65. The number of carbonyl (C=O) groups is 1. The number of hydrogen-bond acceptors (Lipinski definition) is 5. The van der Waals surface area contributed by atoms with Gasteiger partial charge in [0.1, 0.15) is 0 Å². The summed E-state index contributed by atoms with van der Waals surface area (Å²) in [6.45, 7) is 15.0. The third-order valence-corrected chi connectivity index (χ3v) is 10.7.